The number of aliphatic hydroxyl groups is 1. The van der Waals surface area contributed by atoms with Crippen molar-refractivity contribution in [3.05, 3.63) is 120 Å². The predicted octanol–water partition coefficient (Wildman–Crippen LogP) is 2.75. The summed E-state index contributed by atoms with van der Waals surface area (Å²) in [5, 5.41) is 52.1. The van der Waals surface area contributed by atoms with Crippen LogP contribution in [-0.2, 0) is 14.3 Å². The molecule has 0 aliphatic rings. The first-order valence-electron chi connectivity index (χ1n) is 21.5. The van der Waals surface area contributed by atoms with Crippen molar-refractivity contribution >= 4 is 45.4 Å². The molecular formula is C42H44N3NaO13. The Kier molecular flexibility index (Phi) is 15.7. The Morgan fingerprint density at radius 1 is 0.712 bits per heavy atom. The van der Waals surface area contributed by atoms with Crippen molar-refractivity contribution in [1.29, 1.82) is 1.43 Å². The number of carboxylic acid groups (broad SMARTS) is 2. The third-order valence-corrected chi connectivity index (χ3v) is 7.10. The number of pyridine rings is 2. The summed E-state index contributed by atoms with van der Waals surface area (Å²) < 4.78 is 83.1. The standard InChI is InChI=1S/C19H16N2O5.C18H15NO4.C3H6O2.CH4O.CH3O.Na/c1-11-15-9-13(26-12-5-3-2-4-6-12)7-8-14(15)18(24)17(21-11)19(25)20-10-16(22)23;1-11-15-10-13(23-12-6-4-3-5-7-12)8-9-14(15)17(20)16(19-11)18(21)22-2;1-2-3(4)5;2*1-2;/h2-9,24H,10H2,1H3,(H,20,25)(H,22,23);3-10,20H,1-2H3;2H2,1H3,(H,4,5);2H,1H3;1H3;/q;;;;-1;+1/i1D,10D2;1D;2D2;1D3,2D;;. The molecule has 4 aromatic carbocycles. The van der Waals surface area contributed by atoms with Gasteiger partial charge < -0.3 is 50.2 Å². The van der Waals surface area contributed by atoms with Crippen molar-refractivity contribution in [1.82, 2.24) is 15.3 Å². The molecule has 0 fully saturated rings. The van der Waals surface area contributed by atoms with E-state index < -0.39 is 55.2 Å². The van der Waals surface area contributed by atoms with Gasteiger partial charge in [0.25, 0.3) is 5.91 Å². The third-order valence-electron chi connectivity index (χ3n) is 7.10. The Morgan fingerprint density at radius 2 is 1.14 bits per heavy atom. The summed E-state index contributed by atoms with van der Waals surface area (Å²) in [5.74, 6) is -3.85. The number of hydrogen-bond acceptors (Lipinski definition) is 13. The van der Waals surface area contributed by atoms with Crippen molar-refractivity contribution in [3.8, 4) is 34.5 Å². The van der Waals surface area contributed by atoms with Gasteiger partial charge in [0.15, 0.2) is 22.9 Å². The zero-order valence-corrected chi connectivity index (χ0v) is 34.0. The Hall–Kier alpha value is -6.30. The Bertz CT molecular complexity index is 2660. The van der Waals surface area contributed by atoms with E-state index in [1.807, 2.05) is 36.4 Å². The molecule has 0 aliphatic carbocycles. The Morgan fingerprint density at radius 3 is 1.51 bits per heavy atom. The molecule has 59 heavy (non-hydrogen) atoms. The normalized spacial score (nSPS) is 12.7. The number of esters is 1. The molecule has 0 saturated carbocycles. The minimum Gasteiger partial charge on any atom is -0.857 e. The number of fused-ring (bicyclic) bond motifs is 2. The van der Waals surface area contributed by atoms with Crippen LogP contribution in [0.25, 0.3) is 21.5 Å². The molecule has 1 amide bonds. The van der Waals surface area contributed by atoms with Crippen LogP contribution in [0.2, 0.25) is 0 Å². The first kappa shape index (κ1) is 35.8. The maximum atomic E-state index is 12.3. The number of ether oxygens (including phenoxy) is 3. The van der Waals surface area contributed by atoms with Crippen LogP contribution in [-0.4, -0.2) is 88.5 Å². The van der Waals surface area contributed by atoms with E-state index >= 15 is 0 Å². The SMILES string of the molecule is C[O-].[2H]C([2H])(C)C(=O)O.[2H]Cc1nc(C(=O)NC([2H])([2H])C(=O)O)c(O)c2ccc(Oc3ccccc3)cc12.[2H]Cc1nc(C(=O)OC)c(O)c2ccc(Oc3ccccc3)cc12.[2H]OC([2H])([2H])[2H].[Na+]. The second-order valence-corrected chi connectivity index (χ2v) is 10.7. The number of nitrogens with one attached hydrogen (secondary N) is 1. The van der Waals surface area contributed by atoms with Crippen LogP contribution < -0.4 is 49.5 Å². The Balaban J connectivity index is 0.000000533. The molecule has 16 nitrogen and oxygen atoms in total. The zero-order chi connectivity index (χ0) is 51.6. The number of rotatable bonds is 9. The molecule has 0 atom stereocenters. The van der Waals surface area contributed by atoms with E-state index in [4.69, 9.17) is 38.6 Å². The summed E-state index contributed by atoms with van der Waals surface area (Å²) in [5.41, 5.74) is -0.260. The van der Waals surface area contributed by atoms with Gasteiger partial charge in [-0.2, -0.15) is 7.11 Å². The fourth-order valence-corrected chi connectivity index (χ4v) is 4.63. The van der Waals surface area contributed by atoms with Gasteiger partial charge in [0, 0.05) is 51.8 Å². The minimum atomic E-state index is -3.05. The number of carbonyl (C=O) groups is 4. The van der Waals surface area contributed by atoms with Gasteiger partial charge in [-0.25, -0.2) is 14.8 Å². The van der Waals surface area contributed by atoms with Gasteiger partial charge >= 0.3 is 47.5 Å². The number of aromatic nitrogens is 2. The van der Waals surface area contributed by atoms with Crippen LogP contribution in [0.3, 0.4) is 0 Å². The average molecular weight is 832 g/mol. The third kappa shape index (κ3) is 14.9. The van der Waals surface area contributed by atoms with Crippen molar-refractivity contribution in [2.75, 3.05) is 27.8 Å². The molecule has 0 bridgehead atoms. The second-order valence-electron chi connectivity index (χ2n) is 10.7. The largest absolute Gasteiger partial charge is 1.00 e. The summed E-state index contributed by atoms with van der Waals surface area (Å²) in [6.45, 7) is -2.53. The molecule has 2 heterocycles. The predicted molar refractivity (Wildman–Crippen MR) is 213 cm³/mol. The number of carboxylic acids is 2. The maximum Gasteiger partial charge on any atom is 1.00 e. The van der Waals surface area contributed by atoms with Crippen LogP contribution in [0.1, 0.15) is 58.0 Å². The number of carbonyl (C=O) groups excluding carboxylic acids is 2. The summed E-state index contributed by atoms with van der Waals surface area (Å²) in [7, 11) is -0.579. The van der Waals surface area contributed by atoms with Crippen molar-refractivity contribution in [3.63, 3.8) is 0 Å². The fraction of sp³-hybridized carbons (Fsp3) is 0.190. The first-order valence-corrected chi connectivity index (χ1v) is 16.2. The molecule has 0 unspecified atom stereocenters. The maximum absolute atomic E-state index is 12.3. The van der Waals surface area contributed by atoms with Crippen molar-refractivity contribution in [2.45, 2.75) is 27.1 Å². The number of para-hydroxylation sites is 2. The molecule has 17 heteroatoms. The van der Waals surface area contributed by atoms with Crippen LogP contribution in [0.15, 0.2) is 97.1 Å². The molecule has 2 aromatic heterocycles. The van der Waals surface area contributed by atoms with Gasteiger partial charge in [-0.05, 0) is 74.5 Å². The van der Waals surface area contributed by atoms with E-state index in [-0.39, 0.29) is 65.9 Å². The molecule has 0 spiro atoms. The van der Waals surface area contributed by atoms with Gasteiger partial charge in [-0.1, -0.05) is 43.3 Å². The quantitative estimate of drug-likeness (QED) is 0.0905. The summed E-state index contributed by atoms with van der Waals surface area (Å²) in [6.07, 6.45) is -2.08. The monoisotopic (exact) mass is 831 g/mol. The number of benzene rings is 4. The van der Waals surface area contributed by atoms with E-state index in [1.54, 1.807) is 59.9 Å². The van der Waals surface area contributed by atoms with E-state index in [9.17, 15) is 29.4 Å². The van der Waals surface area contributed by atoms with Gasteiger partial charge in [0.1, 0.15) is 29.5 Å². The second kappa shape index (κ2) is 25.9. The number of hydrogen-bond donors (Lipinski definition) is 6. The smallest absolute Gasteiger partial charge is 0.857 e. The molecule has 306 valence electrons. The van der Waals surface area contributed by atoms with Crippen LogP contribution in [0, 0.1) is 13.8 Å². The van der Waals surface area contributed by atoms with Crippen LogP contribution >= 0.6 is 0 Å². The Labute approximate surface area is 376 Å². The van der Waals surface area contributed by atoms with E-state index in [2.05, 4.69) is 19.8 Å². The first-order chi connectivity index (χ1) is 31.9. The molecule has 0 saturated heterocycles. The average Bonchev–Trinajstić information content (AvgIpc) is 3.30. The van der Waals surface area contributed by atoms with Gasteiger partial charge in [-0.3, -0.25) is 14.4 Å². The van der Waals surface area contributed by atoms with E-state index in [1.165, 1.54) is 13.2 Å². The molecule has 0 aliphatic heterocycles. The molecular weight excluding hydrogens is 777 g/mol. The van der Waals surface area contributed by atoms with Gasteiger partial charge in [-0.15, -0.1) is 0 Å². The molecule has 6 N–H and O–H groups in total. The number of aromatic hydroxyl groups is 2. The molecule has 6 aromatic rings. The minimum absolute atomic E-state index is 0. The van der Waals surface area contributed by atoms with Crippen molar-refractivity contribution in [2.24, 2.45) is 0 Å². The number of aliphatic carboxylic acids is 2. The molecule has 0 radical (unpaired) electrons. The van der Waals surface area contributed by atoms with E-state index in [0.717, 1.165) is 14.0 Å². The fourth-order valence-electron chi connectivity index (χ4n) is 4.63. The van der Waals surface area contributed by atoms with Gasteiger partial charge in [0.05, 0.1) is 14.0 Å². The number of methoxy groups -OCH3 is 1. The summed E-state index contributed by atoms with van der Waals surface area (Å²) in [6, 6.07) is 27.9. The summed E-state index contributed by atoms with van der Waals surface area (Å²) in [4.78, 5) is 52.5. The zero-order valence-electron chi connectivity index (χ0n) is 42.0. The number of amides is 1. The molecule has 6 rings (SSSR count). The van der Waals surface area contributed by atoms with Crippen LogP contribution in [0.4, 0.5) is 0 Å². The van der Waals surface area contributed by atoms with Gasteiger partial charge in [0.2, 0.25) is 1.43 Å². The number of aryl methyl sites for hydroxylation is 2. The van der Waals surface area contributed by atoms with E-state index in [0.29, 0.717) is 44.9 Å². The van der Waals surface area contributed by atoms with Crippen LogP contribution in [0.5, 0.6) is 34.5 Å². The topological polar surface area (TPSA) is 258 Å². The summed E-state index contributed by atoms with van der Waals surface area (Å²) >= 11 is 0. The van der Waals surface area contributed by atoms with Crippen molar-refractivity contribution < 1.29 is 106 Å². The number of nitrogens with zero attached hydrogens (tertiary/aromatic N) is 2.